The molecular weight excluding hydrogens is 350 g/mol. The number of pyridine rings is 1. The lowest BCUT2D eigenvalue weighted by atomic mass is 10.2. The van der Waals surface area contributed by atoms with Gasteiger partial charge in [-0.3, -0.25) is 0 Å². The Morgan fingerprint density at radius 2 is 2.04 bits per heavy atom. The molecule has 0 spiro atoms. The van der Waals surface area contributed by atoms with E-state index in [9.17, 15) is 5.21 Å². The number of oxime groups is 1. The summed E-state index contributed by atoms with van der Waals surface area (Å²) < 4.78 is 11.1. The van der Waals surface area contributed by atoms with Gasteiger partial charge in [0.05, 0.1) is 12.8 Å². The Labute approximate surface area is 156 Å². The zero-order valence-corrected chi connectivity index (χ0v) is 15.3. The maximum atomic E-state index is 9.39. The molecule has 0 saturated heterocycles. The van der Waals surface area contributed by atoms with Crippen molar-refractivity contribution in [3.05, 3.63) is 72.3 Å². The van der Waals surface area contributed by atoms with E-state index in [-0.39, 0.29) is 0 Å². The average molecular weight is 369 g/mol. The molecule has 6 nitrogen and oxygen atoms in total. The Kier molecular flexibility index (Phi) is 5.80. The standard InChI is InChI=1S/C19H19N3O3S/c1-22(13-16-4-3-11-24-16)19(21-23)14-5-10-18(20-12-14)25-15-6-8-17(26-2)9-7-15/h3-12,23H,13H2,1-2H3/b21-19-. The van der Waals surface area contributed by atoms with Crippen LogP contribution in [0.5, 0.6) is 11.6 Å². The minimum atomic E-state index is 0.393. The second kappa shape index (κ2) is 8.44. The third kappa shape index (κ3) is 4.37. The van der Waals surface area contributed by atoms with Gasteiger partial charge in [-0.05, 0) is 48.7 Å². The highest BCUT2D eigenvalue weighted by atomic mass is 32.2. The van der Waals surface area contributed by atoms with Crippen molar-refractivity contribution in [3.8, 4) is 11.6 Å². The molecule has 2 aromatic heterocycles. The maximum Gasteiger partial charge on any atom is 0.219 e. The van der Waals surface area contributed by atoms with Gasteiger partial charge < -0.3 is 19.3 Å². The predicted molar refractivity (Wildman–Crippen MR) is 101 cm³/mol. The molecule has 0 aliphatic heterocycles. The van der Waals surface area contributed by atoms with E-state index in [1.807, 2.05) is 49.7 Å². The molecule has 0 radical (unpaired) electrons. The van der Waals surface area contributed by atoms with Crippen LogP contribution in [0, 0.1) is 0 Å². The number of rotatable bonds is 6. The summed E-state index contributed by atoms with van der Waals surface area (Å²) in [6.45, 7) is 0.479. The third-order valence-electron chi connectivity index (χ3n) is 3.71. The summed E-state index contributed by atoms with van der Waals surface area (Å²) in [6, 6.07) is 15.0. The summed E-state index contributed by atoms with van der Waals surface area (Å²) in [6.07, 6.45) is 5.25. The monoisotopic (exact) mass is 369 g/mol. The summed E-state index contributed by atoms with van der Waals surface area (Å²) in [4.78, 5) is 7.24. The number of nitrogens with zero attached hydrogens (tertiary/aromatic N) is 3. The molecule has 0 aliphatic rings. The molecule has 1 N–H and O–H groups in total. The number of benzene rings is 1. The first-order valence-electron chi connectivity index (χ1n) is 7.93. The minimum absolute atomic E-state index is 0.393. The quantitative estimate of drug-likeness (QED) is 0.227. The van der Waals surface area contributed by atoms with Crippen LogP contribution >= 0.6 is 11.8 Å². The maximum absolute atomic E-state index is 9.39. The van der Waals surface area contributed by atoms with Crippen molar-refractivity contribution in [3.63, 3.8) is 0 Å². The first-order chi connectivity index (χ1) is 12.7. The Bertz CT molecular complexity index is 847. The molecule has 0 bridgehead atoms. The fourth-order valence-corrected chi connectivity index (χ4v) is 2.81. The Hall–Kier alpha value is -2.93. The molecule has 0 fully saturated rings. The van der Waals surface area contributed by atoms with E-state index in [0.29, 0.717) is 29.6 Å². The highest BCUT2D eigenvalue weighted by molar-refractivity contribution is 7.98. The van der Waals surface area contributed by atoms with Crippen LogP contribution in [0.25, 0.3) is 0 Å². The number of hydrogen-bond acceptors (Lipinski definition) is 6. The lowest BCUT2D eigenvalue weighted by Gasteiger charge is -2.18. The highest BCUT2D eigenvalue weighted by Crippen LogP contribution is 2.23. The van der Waals surface area contributed by atoms with E-state index in [1.54, 1.807) is 41.3 Å². The van der Waals surface area contributed by atoms with Gasteiger partial charge in [-0.25, -0.2) is 4.98 Å². The van der Waals surface area contributed by atoms with Gasteiger partial charge in [-0.1, -0.05) is 5.16 Å². The van der Waals surface area contributed by atoms with Crippen molar-refractivity contribution >= 4 is 17.6 Å². The SMILES string of the molecule is CSc1ccc(Oc2ccc(/C(=N/O)N(C)Cc3ccco3)cn2)cc1. The lowest BCUT2D eigenvalue weighted by molar-refractivity contribution is 0.302. The van der Waals surface area contributed by atoms with Gasteiger partial charge in [0, 0.05) is 29.8 Å². The van der Waals surface area contributed by atoms with E-state index in [1.165, 1.54) is 4.90 Å². The Morgan fingerprint density at radius 3 is 2.62 bits per heavy atom. The molecule has 26 heavy (non-hydrogen) atoms. The molecule has 7 heteroatoms. The molecule has 0 aliphatic carbocycles. The van der Waals surface area contributed by atoms with E-state index in [4.69, 9.17) is 9.15 Å². The van der Waals surface area contributed by atoms with Crippen molar-refractivity contribution in [1.82, 2.24) is 9.88 Å². The topological polar surface area (TPSA) is 71.1 Å². The largest absolute Gasteiger partial charge is 0.467 e. The summed E-state index contributed by atoms with van der Waals surface area (Å²) in [5.74, 6) is 2.35. The molecule has 1 aromatic carbocycles. The predicted octanol–water partition coefficient (Wildman–Crippen LogP) is 4.46. The molecule has 134 valence electrons. The van der Waals surface area contributed by atoms with Gasteiger partial charge >= 0.3 is 0 Å². The fraction of sp³-hybridized carbons (Fsp3) is 0.158. The van der Waals surface area contributed by atoms with Gasteiger partial charge in [-0.2, -0.15) is 0 Å². The van der Waals surface area contributed by atoms with E-state index in [0.717, 1.165) is 5.76 Å². The number of amidine groups is 1. The number of hydrogen-bond donors (Lipinski definition) is 1. The lowest BCUT2D eigenvalue weighted by Crippen LogP contribution is -2.27. The number of thioether (sulfide) groups is 1. The van der Waals surface area contributed by atoms with E-state index < -0.39 is 0 Å². The van der Waals surface area contributed by atoms with Gasteiger partial charge in [0.25, 0.3) is 0 Å². The molecule has 3 rings (SSSR count). The minimum Gasteiger partial charge on any atom is -0.467 e. The number of furan rings is 1. The van der Waals surface area contributed by atoms with Crippen molar-refractivity contribution in [2.24, 2.45) is 5.16 Å². The van der Waals surface area contributed by atoms with Crippen LogP contribution in [-0.4, -0.2) is 34.2 Å². The van der Waals surface area contributed by atoms with Gasteiger partial charge in [0.2, 0.25) is 5.88 Å². The normalized spacial score (nSPS) is 11.4. The first-order valence-corrected chi connectivity index (χ1v) is 9.16. The van der Waals surface area contributed by atoms with Crippen LogP contribution in [0.4, 0.5) is 0 Å². The smallest absolute Gasteiger partial charge is 0.219 e. The highest BCUT2D eigenvalue weighted by Gasteiger charge is 2.13. The van der Waals surface area contributed by atoms with Crippen LogP contribution in [0.15, 0.2) is 75.5 Å². The number of aromatic nitrogens is 1. The van der Waals surface area contributed by atoms with E-state index >= 15 is 0 Å². The molecule has 0 unspecified atom stereocenters. The van der Waals surface area contributed by atoms with Crippen LogP contribution in [0.2, 0.25) is 0 Å². The molecular formula is C19H19N3O3S. The third-order valence-corrected chi connectivity index (χ3v) is 4.45. The summed E-state index contributed by atoms with van der Waals surface area (Å²) in [5.41, 5.74) is 0.673. The molecule has 0 amide bonds. The molecule has 3 aromatic rings. The zero-order chi connectivity index (χ0) is 18.4. The van der Waals surface area contributed by atoms with Crippen LogP contribution in [0.3, 0.4) is 0 Å². The first kappa shape index (κ1) is 17.9. The average Bonchev–Trinajstić information content (AvgIpc) is 3.17. The van der Waals surface area contributed by atoms with Gasteiger partial charge in [0.1, 0.15) is 11.5 Å². The number of ether oxygens (including phenoxy) is 1. The molecule has 0 atom stereocenters. The van der Waals surface area contributed by atoms with Crippen LogP contribution in [0.1, 0.15) is 11.3 Å². The van der Waals surface area contributed by atoms with Crippen molar-refractivity contribution in [2.45, 2.75) is 11.4 Å². The summed E-state index contributed by atoms with van der Waals surface area (Å²) >= 11 is 1.68. The van der Waals surface area contributed by atoms with Gasteiger partial charge in [-0.15, -0.1) is 11.8 Å². The van der Waals surface area contributed by atoms with Crippen molar-refractivity contribution in [1.29, 1.82) is 0 Å². The van der Waals surface area contributed by atoms with Crippen LogP contribution < -0.4 is 4.74 Å². The van der Waals surface area contributed by atoms with Crippen molar-refractivity contribution in [2.75, 3.05) is 13.3 Å². The molecule has 2 heterocycles. The van der Waals surface area contributed by atoms with Crippen LogP contribution in [-0.2, 0) is 6.54 Å². The second-order valence-corrected chi connectivity index (χ2v) is 6.40. The van der Waals surface area contributed by atoms with Crippen molar-refractivity contribution < 1.29 is 14.4 Å². The fourth-order valence-electron chi connectivity index (χ4n) is 2.40. The summed E-state index contributed by atoms with van der Waals surface area (Å²) in [5, 5.41) is 12.8. The van der Waals surface area contributed by atoms with Gasteiger partial charge in [0.15, 0.2) is 5.84 Å². The van der Waals surface area contributed by atoms with E-state index in [2.05, 4.69) is 10.1 Å². The Balaban J connectivity index is 1.68. The zero-order valence-electron chi connectivity index (χ0n) is 14.5. The second-order valence-electron chi connectivity index (χ2n) is 5.52. The summed E-state index contributed by atoms with van der Waals surface area (Å²) in [7, 11) is 1.81. The Morgan fingerprint density at radius 1 is 1.23 bits per heavy atom. The molecule has 0 saturated carbocycles.